The van der Waals surface area contributed by atoms with Gasteiger partial charge in [0.15, 0.2) is 5.79 Å². The van der Waals surface area contributed by atoms with Crippen molar-refractivity contribution in [2.24, 2.45) is 0 Å². The molecule has 0 radical (unpaired) electrons. The summed E-state index contributed by atoms with van der Waals surface area (Å²) in [6, 6.07) is 10.0. The van der Waals surface area contributed by atoms with Crippen molar-refractivity contribution in [1.82, 2.24) is 14.7 Å². The summed E-state index contributed by atoms with van der Waals surface area (Å²) in [7, 11) is 0. The molecule has 0 bridgehead atoms. The molecule has 0 aliphatic carbocycles. The average Bonchev–Trinajstić information content (AvgIpc) is 3.26. The zero-order valence-corrected chi connectivity index (χ0v) is 15.9. The number of carbonyl (C=O) groups is 1. The van der Waals surface area contributed by atoms with Crippen LogP contribution in [0.15, 0.2) is 36.4 Å². The van der Waals surface area contributed by atoms with Gasteiger partial charge in [-0.15, -0.1) is 0 Å². The lowest BCUT2D eigenvalue weighted by Gasteiger charge is -2.37. The summed E-state index contributed by atoms with van der Waals surface area (Å²) in [6.07, 6.45) is 5.00. The average molecular weight is 367 g/mol. The first-order valence-electron chi connectivity index (χ1n) is 9.45. The molecule has 6 nitrogen and oxygen atoms in total. The maximum atomic E-state index is 12.6. The Morgan fingerprint density at radius 3 is 2.44 bits per heavy atom. The van der Waals surface area contributed by atoms with Gasteiger partial charge in [0.25, 0.3) is 0 Å². The third-order valence-electron chi connectivity index (χ3n) is 5.39. The molecule has 2 aliphatic rings. The van der Waals surface area contributed by atoms with E-state index in [2.05, 4.69) is 5.10 Å². The Kier molecular flexibility index (Phi) is 4.85. The van der Waals surface area contributed by atoms with Gasteiger partial charge in [0.2, 0.25) is 5.91 Å². The van der Waals surface area contributed by atoms with Crippen LogP contribution in [-0.4, -0.2) is 52.7 Å². The molecule has 0 unspecified atom stereocenters. The van der Waals surface area contributed by atoms with E-state index in [0.717, 1.165) is 35.5 Å². The van der Waals surface area contributed by atoms with E-state index in [-0.39, 0.29) is 5.91 Å². The van der Waals surface area contributed by atoms with Gasteiger partial charge in [-0.1, -0.05) is 18.2 Å². The topological polar surface area (TPSA) is 56.6 Å². The van der Waals surface area contributed by atoms with Crippen LogP contribution in [0.25, 0.3) is 11.8 Å². The van der Waals surface area contributed by atoms with E-state index in [1.54, 1.807) is 6.08 Å². The standard InChI is InChI=1S/C21H25N3O3/c1-16-19(17(2)24(22-16)18-6-4-3-5-7-18)8-9-20(25)23-12-10-21(11-13-23)26-14-15-27-21/h3-9H,10-15H2,1-2H3/b9-8+. The molecule has 6 heteroatoms. The van der Waals surface area contributed by atoms with E-state index in [4.69, 9.17) is 9.47 Å². The molecule has 0 N–H and O–H groups in total. The first kappa shape index (κ1) is 17.9. The summed E-state index contributed by atoms with van der Waals surface area (Å²) < 4.78 is 13.4. The lowest BCUT2D eigenvalue weighted by Crippen LogP contribution is -2.46. The molecule has 2 saturated heterocycles. The highest BCUT2D eigenvalue weighted by Gasteiger charge is 2.40. The molecular formula is C21H25N3O3. The second kappa shape index (κ2) is 7.29. The lowest BCUT2D eigenvalue weighted by atomic mass is 10.0. The van der Waals surface area contributed by atoms with Crippen LogP contribution in [0.4, 0.5) is 0 Å². The molecule has 3 heterocycles. The van der Waals surface area contributed by atoms with Gasteiger partial charge in [-0.3, -0.25) is 4.79 Å². The molecule has 27 heavy (non-hydrogen) atoms. The van der Waals surface area contributed by atoms with Crippen molar-refractivity contribution in [2.75, 3.05) is 26.3 Å². The Labute approximate surface area is 159 Å². The largest absolute Gasteiger partial charge is 0.347 e. The molecule has 2 aromatic rings. The van der Waals surface area contributed by atoms with E-state index in [0.29, 0.717) is 26.3 Å². The molecule has 4 rings (SSSR count). The van der Waals surface area contributed by atoms with Crippen LogP contribution in [0.1, 0.15) is 29.8 Å². The van der Waals surface area contributed by atoms with Crippen molar-refractivity contribution in [1.29, 1.82) is 0 Å². The lowest BCUT2D eigenvalue weighted by molar-refractivity contribution is -0.186. The number of nitrogens with zero attached hydrogens (tertiary/aromatic N) is 3. The Morgan fingerprint density at radius 1 is 1.11 bits per heavy atom. The molecular weight excluding hydrogens is 342 g/mol. The number of para-hydroxylation sites is 1. The number of rotatable bonds is 3. The SMILES string of the molecule is Cc1nn(-c2ccccc2)c(C)c1/C=C/C(=O)N1CCC2(CC1)OCCO2. The number of carbonyl (C=O) groups excluding carboxylic acids is 1. The Hall–Kier alpha value is -2.44. The zero-order chi connectivity index (χ0) is 18.9. The summed E-state index contributed by atoms with van der Waals surface area (Å²) in [5.74, 6) is -0.432. The van der Waals surface area contributed by atoms with Crippen molar-refractivity contribution in [3.8, 4) is 5.69 Å². The van der Waals surface area contributed by atoms with Crippen LogP contribution in [-0.2, 0) is 14.3 Å². The first-order valence-corrected chi connectivity index (χ1v) is 9.45. The van der Waals surface area contributed by atoms with E-state index in [9.17, 15) is 4.79 Å². The van der Waals surface area contributed by atoms with E-state index in [1.807, 2.05) is 59.8 Å². The summed E-state index contributed by atoms with van der Waals surface area (Å²) >= 11 is 0. The molecule has 142 valence electrons. The molecule has 1 aromatic carbocycles. The number of aryl methyl sites for hydroxylation is 1. The van der Waals surface area contributed by atoms with Crippen LogP contribution in [0.2, 0.25) is 0 Å². The molecule has 2 aliphatic heterocycles. The molecule has 1 amide bonds. The zero-order valence-electron chi connectivity index (χ0n) is 15.9. The number of hydrogen-bond acceptors (Lipinski definition) is 4. The first-order chi connectivity index (χ1) is 13.1. The number of aromatic nitrogens is 2. The third kappa shape index (κ3) is 3.55. The molecule has 1 spiro atoms. The predicted molar refractivity (Wildman–Crippen MR) is 103 cm³/mol. The highest BCUT2D eigenvalue weighted by molar-refractivity contribution is 5.92. The van der Waals surface area contributed by atoms with Crippen molar-refractivity contribution in [3.63, 3.8) is 0 Å². The van der Waals surface area contributed by atoms with Gasteiger partial charge in [-0.05, 0) is 32.1 Å². The smallest absolute Gasteiger partial charge is 0.246 e. The summed E-state index contributed by atoms with van der Waals surface area (Å²) in [6.45, 7) is 6.61. The molecule has 1 aromatic heterocycles. The minimum Gasteiger partial charge on any atom is -0.347 e. The fourth-order valence-corrected chi connectivity index (χ4v) is 3.83. The van der Waals surface area contributed by atoms with Crippen LogP contribution in [0.5, 0.6) is 0 Å². The monoisotopic (exact) mass is 367 g/mol. The van der Waals surface area contributed by atoms with Crippen LogP contribution in [0.3, 0.4) is 0 Å². The number of piperidine rings is 1. The van der Waals surface area contributed by atoms with Crippen LogP contribution < -0.4 is 0 Å². The second-order valence-electron chi connectivity index (χ2n) is 7.10. The Bertz CT molecular complexity index is 841. The minimum atomic E-state index is -0.454. The van der Waals surface area contributed by atoms with Crippen LogP contribution >= 0.6 is 0 Å². The number of ether oxygens (including phenoxy) is 2. The van der Waals surface area contributed by atoms with Crippen molar-refractivity contribution >= 4 is 12.0 Å². The van der Waals surface area contributed by atoms with E-state index in [1.165, 1.54) is 0 Å². The molecule has 0 saturated carbocycles. The van der Waals surface area contributed by atoms with Gasteiger partial charge in [0, 0.05) is 43.3 Å². The Balaban J connectivity index is 1.45. The summed E-state index contributed by atoms with van der Waals surface area (Å²) in [5.41, 5.74) is 3.93. The predicted octanol–water partition coefficient (Wildman–Crippen LogP) is 2.87. The minimum absolute atomic E-state index is 0.0223. The number of benzene rings is 1. The summed E-state index contributed by atoms with van der Waals surface area (Å²) in [5, 5.41) is 4.63. The fraction of sp³-hybridized carbons (Fsp3) is 0.429. The fourth-order valence-electron chi connectivity index (χ4n) is 3.83. The number of amides is 1. The van der Waals surface area contributed by atoms with E-state index >= 15 is 0 Å². The highest BCUT2D eigenvalue weighted by atomic mass is 16.7. The van der Waals surface area contributed by atoms with Crippen molar-refractivity contribution in [2.45, 2.75) is 32.5 Å². The van der Waals surface area contributed by atoms with Gasteiger partial charge in [-0.25, -0.2) is 4.68 Å². The van der Waals surface area contributed by atoms with Gasteiger partial charge in [0.05, 0.1) is 24.6 Å². The summed E-state index contributed by atoms with van der Waals surface area (Å²) in [4.78, 5) is 14.5. The number of likely N-dealkylation sites (tertiary alicyclic amines) is 1. The third-order valence-corrected chi connectivity index (χ3v) is 5.39. The quantitative estimate of drug-likeness (QED) is 0.783. The highest BCUT2D eigenvalue weighted by Crippen LogP contribution is 2.31. The van der Waals surface area contributed by atoms with Gasteiger partial charge in [0.1, 0.15) is 0 Å². The Morgan fingerprint density at radius 2 is 1.78 bits per heavy atom. The van der Waals surface area contributed by atoms with E-state index < -0.39 is 5.79 Å². The number of hydrogen-bond donors (Lipinski definition) is 0. The second-order valence-corrected chi connectivity index (χ2v) is 7.10. The van der Waals surface area contributed by atoms with Crippen molar-refractivity contribution < 1.29 is 14.3 Å². The maximum Gasteiger partial charge on any atom is 0.246 e. The molecule has 0 atom stereocenters. The van der Waals surface area contributed by atoms with Crippen molar-refractivity contribution in [3.05, 3.63) is 53.4 Å². The normalized spacial score (nSPS) is 19.3. The van der Waals surface area contributed by atoms with Gasteiger partial charge >= 0.3 is 0 Å². The van der Waals surface area contributed by atoms with Gasteiger partial charge < -0.3 is 14.4 Å². The molecule has 2 fully saturated rings. The maximum absolute atomic E-state index is 12.6. The van der Waals surface area contributed by atoms with Crippen LogP contribution in [0, 0.1) is 13.8 Å². The van der Waals surface area contributed by atoms with Gasteiger partial charge in [-0.2, -0.15) is 5.10 Å².